The van der Waals surface area contributed by atoms with Crippen LogP contribution < -0.4 is 0 Å². The second-order valence-electron chi connectivity index (χ2n) is 7.15. The van der Waals surface area contributed by atoms with Crippen LogP contribution in [0.4, 0.5) is 4.39 Å². The third kappa shape index (κ3) is 3.72. The van der Waals surface area contributed by atoms with Crippen LogP contribution in [0.3, 0.4) is 0 Å². The molecule has 4 rings (SSSR count). The van der Waals surface area contributed by atoms with E-state index in [2.05, 4.69) is 19.5 Å². The maximum absolute atomic E-state index is 13.5. The summed E-state index contributed by atoms with van der Waals surface area (Å²) in [6.07, 6.45) is 7.97. The maximum atomic E-state index is 13.5. The number of fused-ring (bicyclic) bond motifs is 1. The molecular weight excluding hydrogens is 345 g/mol. The number of aryl methyl sites for hydroxylation is 2. The fourth-order valence-corrected chi connectivity index (χ4v) is 3.86. The highest BCUT2D eigenvalue weighted by Gasteiger charge is 2.29. The summed E-state index contributed by atoms with van der Waals surface area (Å²) in [5.74, 6) is 1.59. The number of carbonyl (C=O) groups is 1. The number of likely N-dealkylation sites (tertiary alicyclic amines) is 1. The molecule has 1 aliphatic heterocycles. The van der Waals surface area contributed by atoms with Gasteiger partial charge in [0.15, 0.2) is 0 Å². The molecule has 6 nitrogen and oxygen atoms in total. The quantitative estimate of drug-likeness (QED) is 0.745. The Labute approximate surface area is 157 Å². The molecule has 0 radical (unpaired) electrons. The number of benzene rings is 1. The minimum atomic E-state index is -0.288. The average Bonchev–Trinajstić information content (AvgIpc) is 3.27. The number of halogens is 1. The van der Waals surface area contributed by atoms with Gasteiger partial charge < -0.3 is 14.5 Å². The minimum absolute atomic E-state index is 0.0586. The lowest BCUT2D eigenvalue weighted by molar-refractivity contribution is -0.135. The van der Waals surface area contributed by atoms with Gasteiger partial charge in [-0.1, -0.05) is 0 Å². The minimum Gasteiger partial charge on any atom is -0.340 e. The van der Waals surface area contributed by atoms with Crippen molar-refractivity contribution < 1.29 is 9.18 Å². The van der Waals surface area contributed by atoms with E-state index < -0.39 is 0 Å². The third-order valence-electron chi connectivity index (χ3n) is 5.31. The summed E-state index contributed by atoms with van der Waals surface area (Å²) < 4.78 is 15.5. The Hall–Kier alpha value is -2.70. The molecule has 1 aliphatic rings. The number of aromatic amines is 1. The molecule has 0 saturated carbocycles. The Morgan fingerprint density at radius 3 is 3.07 bits per heavy atom. The Bertz CT molecular complexity index is 947. The van der Waals surface area contributed by atoms with E-state index in [1.807, 2.05) is 18.0 Å². The van der Waals surface area contributed by atoms with Crippen LogP contribution in [-0.2, 0) is 11.3 Å². The first kappa shape index (κ1) is 17.7. The zero-order chi connectivity index (χ0) is 18.8. The van der Waals surface area contributed by atoms with E-state index >= 15 is 0 Å². The number of imidazole rings is 2. The fraction of sp³-hybridized carbons (Fsp3) is 0.450. The van der Waals surface area contributed by atoms with Crippen molar-refractivity contribution in [1.29, 1.82) is 0 Å². The van der Waals surface area contributed by atoms with Gasteiger partial charge in [0.25, 0.3) is 0 Å². The molecule has 1 amide bonds. The van der Waals surface area contributed by atoms with E-state index in [9.17, 15) is 9.18 Å². The zero-order valence-corrected chi connectivity index (χ0v) is 15.5. The van der Waals surface area contributed by atoms with Gasteiger partial charge in [-0.3, -0.25) is 4.79 Å². The van der Waals surface area contributed by atoms with Gasteiger partial charge in [0.2, 0.25) is 5.91 Å². The van der Waals surface area contributed by atoms with Crippen molar-refractivity contribution in [3.05, 3.63) is 48.1 Å². The van der Waals surface area contributed by atoms with Crippen LogP contribution >= 0.6 is 0 Å². The van der Waals surface area contributed by atoms with Gasteiger partial charge in [-0.05, 0) is 50.8 Å². The number of aromatic nitrogens is 4. The van der Waals surface area contributed by atoms with Gasteiger partial charge in [-0.15, -0.1) is 0 Å². The van der Waals surface area contributed by atoms with Gasteiger partial charge in [0, 0.05) is 31.9 Å². The van der Waals surface area contributed by atoms with Gasteiger partial charge >= 0.3 is 0 Å². The molecule has 3 aromatic rings. The van der Waals surface area contributed by atoms with E-state index in [4.69, 9.17) is 0 Å². The van der Waals surface area contributed by atoms with Gasteiger partial charge in [0.05, 0.1) is 17.1 Å². The highest BCUT2D eigenvalue weighted by atomic mass is 19.1. The van der Waals surface area contributed by atoms with Crippen molar-refractivity contribution >= 4 is 16.9 Å². The molecule has 1 atom stereocenters. The number of nitrogens with zero attached hydrogens (tertiary/aromatic N) is 4. The van der Waals surface area contributed by atoms with Crippen LogP contribution in [0, 0.1) is 12.7 Å². The monoisotopic (exact) mass is 369 g/mol. The lowest BCUT2D eigenvalue weighted by Gasteiger charge is -2.34. The van der Waals surface area contributed by atoms with E-state index in [1.165, 1.54) is 12.1 Å². The molecule has 142 valence electrons. The third-order valence-corrected chi connectivity index (χ3v) is 5.31. The normalized spacial score (nSPS) is 17.6. The molecule has 0 unspecified atom stereocenters. The first-order valence-electron chi connectivity index (χ1n) is 9.54. The van der Waals surface area contributed by atoms with E-state index in [0.29, 0.717) is 11.9 Å². The molecule has 0 aliphatic carbocycles. The zero-order valence-electron chi connectivity index (χ0n) is 15.5. The molecule has 1 fully saturated rings. The summed E-state index contributed by atoms with van der Waals surface area (Å²) in [6, 6.07) is 4.48. The van der Waals surface area contributed by atoms with Crippen LogP contribution in [-0.4, -0.2) is 36.9 Å². The Morgan fingerprint density at radius 1 is 1.37 bits per heavy atom. The molecule has 27 heavy (non-hydrogen) atoms. The second kappa shape index (κ2) is 7.50. The SMILES string of the molecule is Cc1nccn1CCCC(=O)N1CCCC[C@H]1c1nc2ccc(F)cc2[nH]1. The average molecular weight is 369 g/mol. The molecule has 1 N–H and O–H groups in total. The van der Waals surface area contributed by atoms with Crippen molar-refractivity contribution in [2.75, 3.05) is 6.54 Å². The number of hydrogen-bond donors (Lipinski definition) is 1. The van der Waals surface area contributed by atoms with Crippen LogP contribution in [0.5, 0.6) is 0 Å². The number of rotatable bonds is 5. The number of H-pyrrole nitrogens is 1. The highest BCUT2D eigenvalue weighted by Crippen LogP contribution is 2.31. The summed E-state index contributed by atoms with van der Waals surface area (Å²) in [5.41, 5.74) is 1.42. The highest BCUT2D eigenvalue weighted by molar-refractivity contribution is 5.78. The molecule has 0 bridgehead atoms. The van der Waals surface area contributed by atoms with E-state index in [1.54, 1.807) is 12.3 Å². The van der Waals surface area contributed by atoms with Crippen LogP contribution in [0.2, 0.25) is 0 Å². The van der Waals surface area contributed by atoms with Gasteiger partial charge in [-0.2, -0.15) is 0 Å². The van der Waals surface area contributed by atoms with Crippen LogP contribution in [0.15, 0.2) is 30.6 Å². The van der Waals surface area contributed by atoms with Crippen molar-refractivity contribution in [1.82, 2.24) is 24.4 Å². The number of nitrogens with one attached hydrogen (secondary N) is 1. The second-order valence-corrected chi connectivity index (χ2v) is 7.15. The first-order chi connectivity index (χ1) is 13.1. The Balaban J connectivity index is 1.46. The van der Waals surface area contributed by atoms with Crippen molar-refractivity contribution in [3.63, 3.8) is 0 Å². The van der Waals surface area contributed by atoms with Crippen molar-refractivity contribution in [2.24, 2.45) is 0 Å². The van der Waals surface area contributed by atoms with Gasteiger partial charge in [-0.25, -0.2) is 14.4 Å². The standard InChI is InChI=1S/C20H24FN5O/c1-14-22-9-12-25(14)10-4-6-19(27)26-11-3-2-5-18(26)20-23-16-8-7-15(21)13-17(16)24-20/h7-9,12-13,18H,2-6,10-11H2,1H3,(H,23,24)/t18-/m0/s1. The topological polar surface area (TPSA) is 66.8 Å². The van der Waals surface area contributed by atoms with Gasteiger partial charge in [0.1, 0.15) is 17.5 Å². The summed E-state index contributed by atoms with van der Waals surface area (Å²) in [6.45, 7) is 3.51. The summed E-state index contributed by atoms with van der Waals surface area (Å²) >= 11 is 0. The fourth-order valence-electron chi connectivity index (χ4n) is 3.86. The Morgan fingerprint density at radius 2 is 2.26 bits per heavy atom. The molecular formula is C20H24FN5O. The van der Waals surface area contributed by atoms with Crippen LogP contribution in [0.25, 0.3) is 11.0 Å². The molecule has 1 saturated heterocycles. The maximum Gasteiger partial charge on any atom is 0.223 e. The molecule has 3 heterocycles. The van der Waals surface area contributed by atoms with Crippen molar-refractivity contribution in [2.45, 2.75) is 51.6 Å². The van der Waals surface area contributed by atoms with E-state index in [-0.39, 0.29) is 17.8 Å². The van der Waals surface area contributed by atoms with Crippen LogP contribution in [0.1, 0.15) is 49.8 Å². The summed E-state index contributed by atoms with van der Waals surface area (Å²) in [7, 11) is 0. The number of hydrogen-bond acceptors (Lipinski definition) is 3. The number of piperidine rings is 1. The lowest BCUT2D eigenvalue weighted by atomic mass is 10.0. The largest absolute Gasteiger partial charge is 0.340 e. The first-order valence-corrected chi connectivity index (χ1v) is 9.54. The summed E-state index contributed by atoms with van der Waals surface area (Å²) in [4.78, 5) is 26.9. The Kier molecular flexibility index (Phi) is 4.92. The molecule has 7 heteroatoms. The number of carbonyl (C=O) groups excluding carboxylic acids is 1. The molecule has 0 spiro atoms. The van der Waals surface area contributed by atoms with Crippen molar-refractivity contribution in [3.8, 4) is 0 Å². The number of amides is 1. The predicted octanol–water partition coefficient (Wildman–Crippen LogP) is 3.74. The lowest BCUT2D eigenvalue weighted by Crippen LogP contribution is -2.39. The molecule has 2 aromatic heterocycles. The van der Waals surface area contributed by atoms with E-state index in [0.717, 1.165) is 55.9 Å². The molecule has 1 aromatic carbocycles. The smallest absolute Gasteiger partial charge is 0.223 e. The predicted molar refractivity (Wildman–Crippen MR) is 101 cm³/mol. The summed E-state index contributed by atoms with van der Waals surface area (Å²) in [5, 5.41) is 0.